The highest BCUT2D eigenvalue weighted by atomic mass is 32.1. The maximum absolute atomic E-state index is 12.2. The fourth-order valence-corrected chi connectivity index (χ4v) is 3.77. The van der Waals surface area contributed by atoms with Crippen molar-refractivity contribution in [3.63, 3.8) is 0 Å². The quantitative estimate of drug-likeness (QED) is 0.366. The molecule has 0 radical (unpaired) electrons. The fraction of sp³-hybridized carbons (Fsp3) is 0.143. The van der Waals surface area contributed by atoms with Crippen LogP contribution < -0.4 is 16.2 Å². The normalized spacial score (nSPS) is 10.8. The third kappa shape index (κ3) is 4.64. The molecule has 9 heteroatoms. The summed E-state index contributed by atoms with van der Waals surface area (Å²) in [6, 6.07) is 10.8. The van der Waals surface area contributed by atoms with E-state index in [0.717, 1.165) is 22.9 Å². The van der Waals surface area contributed by atoms with E-state index in [9.17, 15) is 14.4 Å². The van der Waals surface area contributed by atoms with Crippen molar-refractivity contribution < 1.29 is 9.59 Å². The number of carbonyl (C=O) groups excluding carboxylic acids is 2. The molecule has 30 heavy (non-hydrogen) atoms. The van der Waals surface area contributed by atoms with Crippen LogP contribution in [0.4, 0.5) is 5.13 Å². The van der Waals surface area contributed by atoms with E-state index in [1.54, 1.807) is 5.38 Å². The zero-order valence-electron chi connectivity index (χ0n) is 15.9. The number of para-hydroxylation sites is 1. The highest BCUT2D eigenvalue weighted by Gasteiger charge is 2.12. The van der Waals surface area contributed by atoms with Crippen LogP contribution in [-0.2, 0) is 17.6 Å². The van der Waals surface area contributed by atoms with E-state index in [2.05, 4.69) is 31.7 Å². The summed E-state index contributed by atoms with van der Waals surface area (Å²) in [5, 5.41) is 8.86. The first-order valence-corrected chi connectivity index (χ1v) is 10.2. The Morgan fingerprint density at radius 3 is 2.77 bits per heavy atom. The van der Waals surface area contributed by atoms with Crippen LogP contribution in [0.5, 0.6) is 0 Å². The van der Waals surface area contributed by atoms with Gasteiger partial charge in [-0.2, -0.15) is 0 Å². The van der Waals surface area contributed by atoms with Gasteiger partial charge in [0.05, 0.1) is 17.7 Å². The van der Waals surface area contributed by atoms with Gasteiger partial charge < -0.3 is 15.3 Å². The number of H-pyrrole nitrogens is 2. The van der Waals surface area contributed by atoms with Crippen molar-refractivity contribution in [2.45, 2.75) is 12.8 Å². The highest BCUT2D eigenvalue weighted by molar-refractivity contribution is 7.14. The average molecular weight is 421 g/mol. The summed E-state index contributed by atoms with van der Waals surface area (Å²) >= 11 is 1.24. The number of carbonyl (C=O) groups is 2. The number of nitrogens with one attached hydrogen (secondary N) is 4. The van der Waals surface area contributed by atoms with E-state index in [-0.39, 0.29) is 23.8 Å². The summed E-state index contributed by atoms with van der Waals surface area (Å²) in [5.41, 5.74) is 2.87. The molecule has 8 nitrogen and oxygen atoms in total. The van der Waals surface area contributed by atoms with Gasteiger partial charge in [0.15, 0.2) is 5.13 Å². The lowest BCUT2D eigenvalue weighted by Crippen LogP contribution is -2.27. The Labute approximate surface area is 175 Å². The number of benzene rings is 1. The molecule has 2 amide bonds. The molecule has 4 rings (SSSR count). The molecule has 0 aliphatic rings. The molecule has 0 spiro atoms. The Morgan fingerprint density at radius 2 is 1.93 bits per heavy atom. The molecule has 0 saturated carbocycles. The van der Waals surface area contributed by atoms with Crippen LogP contribution >= 0.6 is 11.3 Å². The molecule has 1 aromatic carbocycles. The second-order valence-electron chi connectivity index (χ2n) is 6.68. The lowest BCUT2D eigenvalue weighted by Gasteiger charge is -2.04. The number of thiazole rings is 1. The van der Waals surface area contributed by atoms with Gasteiger partial charge in [-0.25, -0.2) is 4.98 Å². The molecule has 152 valence electrons. The molecule has 0 fully saturated rings. The van der Waals surface area contributed by atoms with E-state index < -0.39 is 0 Å². The van der Waals surface area contributed by atoms with E-state index in [1.165, 1.54) is 29.7 Å². The van der Waals surface area contributed by atoms with Crippen LogP contribution in [0, 0.1) is 0 Å². The number of aromatic nitrogens is 3. The molecule has 0 atom stereocenters. The first-order chi connectivity index (χ1) is 14.6. The van der Waals surface area contributed by atoms with E-state index in [0.29, 0.717) is 22.9 Å². The van der Waals surface area contributed by atoms with Crippen molar-refractivity contribution in [2.24, 2.45) is 0 Å². The number of amides is 2. The molecule has 4 N–H and O–H groups in total. The third-order valence-electron chi connectivity index (χ3n) is 4.55. The van der Waals surface area contributed by atoms with Gasteiger partial charge in [0, 0.05) is 41.3 Å². The molecule has 4 aromatic rings. The Balaban J connectivity index is 1.27. The molecule has 0 unspecified atom stereocenters. The molecule has 0 bridgehead atoms. The SMILES string of the molecule is O=C(Cc1csc(NC(=O)c2ccc(=O)[nH]c2)n1)NCCc1c[nH]c2ccccc12. The van der Waals surface area contributed by atoms with Gasteiger partial charge in [-0.3, -0.25) is 19.7 Å². The zero-order chi connectivity index (χ0) is 20.9. The van der Waals surface area contributed by atoms with Crippen molar-refractivity contribution in [1.29, 1.82) is 0 Å². The van der Waals surface area contributed by atoms with E-state index >= 15 is 0 Å². The monoisotopic (exact) mass is 421 g/mol. The standard InChI is InChI=1S/C21H19N5O3S/c27-18-6-5-14(11-24-18)20(29)26-21-25-15(12-30-21)9-19(28)22-8-7-13-10-23-17-4-2-1-3-16(13)17/h1-6,10-12,23H,7-9H2,(H,22,28)(H,24,27)(H,25,26,29). The fourth-order valence-electron chi connectivity index (χ4n) is 3.07. The van der Waals surface area contributed by atoms with Crippen LogP contribution in [-0.4, -0.2) is 33.3 Å². The maximum atomic E-state index is 12.2. The Bertz CT molecular complexity index is 1240. The van der Waals surface area contributed by atoms with Crippen molar-refractivity contribution in [3.05, 3.63) is 81.3 Å². The Hall–Kier alpha value is -3.72. The second kappa shape index (κ2) is 8.75. The van der Waals surface area contributed by atoms with E-state index in [1.807, 2.05) is 24.4 Å². The summed E-state index contributed by atoms with van der Waals surface area (Å²) in [4.78, 5) is 45.4. The van der Waals surface area contributed by atoms with Crippen LogP contribution in [0.2, 0.25) is 0 Å². The van der Waals surface area contributed by atoms with Gasteiger partial charge in [0.2, 0.25) is 11.5 Å². The molecule has 0 saturated heterocycles. The summed E-state index contributed by atoms with van der Waals surface area (Å²) < 4.78 is 0. The van der Waals surface area contributed by atoms with Crippen LogP contribution in [0.3, 0.4) is 0 Å². The largest absolute Gasteiger partial charge is 0.361 e. The number of nitrogens with zero attached hydrogens (tertiary/aromatic N) is 1. The van der Waals surface area contributed by atoms with Gasteiger partial charge in [0.25, 0.3) is 5.91 Å². The minimum atomic E-state index is -0.379. The molecule has 0 aliphatic carbocycles. The lowest BCUT2D eigenvalue weighted by atomic mass is 10.1. The minimum Gasteiger partial charge on any atom is -0.361 e. The molecular formula is C21H19N5O3S. The first-order valence-electron chi connectivity index (χ1n) is 9.35. The third-order valence-corrected chi connectivity index (χ3v) is 5.36. The predicted octanol–water partition coefficient (Wildman–Crippen LogP) is 2.47. The van der Waals surface area contributed by atoms with Gasteiger partial charge in [-0.05, 0) is 24.1 Å². The minimum absolute atomic E-state index is 0.126. The summed E-state index contributed by atoms with van der Waals surface area (Å²) in [5.74, 6) is -0.506. The van der Waals surface area contributed by atoms with Gasteiger partial charge in [-0.1, -0.05) is 18.2 Å². The number of hydrogen-bond acceptors (Lipinski definition) is 5. The topological polar surface area (TPSA) is 120 Å². The maximum Gasteiger partial charge on any atom is 0.258 e. The van der Waals surface area contributed by atoms with Crippen molar-refractivity contribution in [1.82, 2.24) is 20.3 Å². The number of aromatic amines is 2. The van der Waals surface area contributed by atoms with Gasteiger partial charge >= 0.3 is 0 Å². The Kier molecular flexibility index (Phi) is 5.71. The van der Waals surface area contributed by atoms with Gasteiger partial charge in [0.1, 0.15) is 0 Å². The van der Waals surface area contributed by atoms with Gasteiger partial charge in [-0.15, -0.1) is 11.3 Å². The van der Waals surface area contributed by atoms with E-state index in [4.69, 9.17) is 0 Å². The van der Waals surface area contributed by atoms with Crippen molar-refractivity contribution in [2.75, 3.05) is 11.9 Å². The Morgan fingerprint density at radius 1 is 1.07 bits per heavy atom. The van der Waals surface area contributed by atoms with Crippen molar-refractivity contribution >= 4 is 39.2 Å². The number of anilines is 1. The number of rotatable bonds is 7. The molecule has 3 aromatic heterocycles. The predicted molar refractivity (Wildman–Crippen MR) is 116 cm³/mol. The smallest absolute Gasteiger partial charge is 0.258 e. The summed E-state index contributed by atoms with van der Waals surface area (Å²) in [6.07, 6.45) is 4.17. The summed E-state index contributed by atoms with van der Waals surface area (Å²) in [6.45, 7) is 0.528. The number of hydrogen-bond donors (Lipinski definition) is 4. The van der Waals surface area contributed by atoms with Crippen molar-refractivity contribution in [3.8, 4) is 0 Å². The summed E-state index contributed by atoms with van der Waals surface area (Å²) in [7, 11) is 0. The number of pyridine rings is 1. The highest BCUT2D eigenvalue weighted by Crippen LogP contribution is 2.18. The zero-order valence-corrected chi connectivity index (χ0v) is 16.7. The molecule has 3 heterocycles. The van der Waals surface area contributed by atoms with Crippen LogP contribution in [0.25, 0.3) is 10.9 Å². The molecule has 0 aliphatic heterocycles. The van der Waals surface area contributed by atoms with Crippen LogP contribution in [0.15, 0.2) is 59.0 Å². The first kappa shape index (κ1) is 19.6. The second-order valence-corrected chi connectivity index (χ2v) is 7.53. The van der Waals surface area contributed by atoms with Crippen LogP contribution in [0.1, 0.15) is 21.6 Å². The average Bonchev–Trinajstić information content (AvgIpc) is 3.35. The lowest BCUT2D eigenvalue weighted by molar-refractivity contribution is -0.120. The number of fused-ring (bicyclic) bond motifs is 1. The molecular weight excluding hydrogens is 402 g/mol.